The van der Waals surface area contributed by atoms with Crippen molar-refractivity contribution in [3.05, 3.63) is 45.7 Å². The molecule has 4 atom stereocenters. The number of aryl methyl sites for hydroxylation is 1. The quantitative estimate of drug-likeness (QED) is 0.484. The van der Waals surface area contributed by atoms with Gasteiger partial charge in [0.25, 0.3) is 0 Å². The Kier molecular flexibility index (Phi) is 8.13. The van der Waals surface area contributed by atoms with Gasteiger partial charge in [0.15, 0.2) is 5.65 Å². The third-order valence-electron chi connectivity index (χ3n) is 7.58. The number of aromatic nitrogens is 4. The summed E-state index contributed by atoms with van der Waals surface area (Å²) in [4.78, 5) is 14.7. The number of anilines is 1. The van der Waals surface area contributed by atoms with E-state index >= 15 is 0 Å². The van der Waals surface area contributed by atoms with E-state index in [-0.39, 0.29) is 25.1 Å². The summed E-state index contributed by atoms with van der Waals surface area (Å²) in [6, 6.07) is 6.27. The largest absolute Gasteiger partial charge is 0.395 e. The number of fused-ring (bicyclic) bond motifs is 1. The molecule has 0 amide bonds. The van der Waals surface area contributed by atoms with Crippen LogP contribution < -0.4 is 4.90 Å². The van der Waals surface area contributed by atoms with E-state index in [1.54, 1.807) is 6.07 Å². The highest BCUT2D eigenvalue weighted by Gasteiger charge is 2.36. The fourth-order valence-corrected chi connectivity index (χ4v) is 6.33. The minimum atomic E-state index is -0.110. The maximum atomic E-state index is 9.78. The molecule has 190 valence electrons. The Morgan fingerprint density at radius 1 is 1.20 bits per heavy atom. The van der Waals surface area contributed by atoms with Crippen molar-refractivity contribution in [2.75, 3.05) is 31.1 Å². The van der Waals surface area contributed by atoms with Gasteiger partial charge in [-0.25, -0.2) is 14.6 Å². The van der Waals surface area contributed by atoms with Crippen LogP contribution in [0.15, 0.2) is 24.4 Å². The normalized spacial score (nSPS) is 24.1. The van der Waals surface area contributed by atoms with Crippen LogP contribution in [0.25, 0.3) is 11.2 Å². The number of benzene rings is 1. The van der Waals surface area contributed by atoms with Crippen LogP contribution in [0.3, 0.4) is 0 Å². The van der Waals surface area contributed by atoms with E-state index in [4.69, 9.17) is 38.3 Å². The minimum Gasteiger partial charge on any atom is -0.395 e. The van der Waals surface area contributed by atoms with Crippen LogP contribution in [0.1, 0.15) is 50.4 Å². The fraction of sp³-hybridized carbons (Fsp3) is 0.560. The van der Waals surface area contributed by atoms with Crippen molar-refractivity contribution in [3.63, 3.8) is 0 Å². The standard InChI is InChI=1S/C25H32Cl2N6O.ClH/c1-15-13-31(10-8-22(15)32-9-4-5-19(32)14-34)23-12-28-24-16(2)30-33(25(24)29-23)17(3)20-7-6-18(26)11-21(20)27;/h6-7,11-12,15,17,19,22,34H,4-5,8-10,13-14H2,1-3H3;1H/t15-,17+,19-,22+;/m0./s1. The van der Waals surface area contributed by atoms with Gasteiger partial charge in [-0.3, -0.25) is 4.90 Å². The Hall–Kier alpha value is -1.64. The van der Waals surface area contributed by atoms with Crippen LogP contribution in [0.5, 0.6) is 0 Å². The maximum absolute atomic E-state index is 9.78. The fourth-order valence-electron chi connectivity index (χ4n) is 5.76. The lowest BCUT2D eigenvalue weighted by Gasteiger charge is -2.43. The summed E-state index contributed by atoms with van der Waals surface area (Å²) in [7, 11) is 0. The zero-order valence-electron chi connectivity index (χ0n) is 20.4. The predicted octanol–water partition coefficient (Wildman–Crippen LogP) is 5.14. The molecule has 2 aromatic heterocycles. The second kappa shape index (κ2) is 10.8. The van der Waals surface area contributed by atoms with E-state index in [1.807, 2.05) is 29.9 Å². The van der Waals surface area contributed by atoms with Crippen molar-refractivity contribution in [2.24, 2.45) is 5.92 Å². The van der Waals surface area contributed by atoms with E-state index in [2.05, 4.69) is 23.6 Å². The number of nitrogens with zero attached hydrogens (tertiary/aromatic N) is 6. The van der Waals surface area contributed by atoms with Crippen molar-refractivity contribution in [2.45, 2.75) is 58.2 Å². The van der Waals surface area contributed by atoms with Crippen LogP contribution >= 0.6 is 35.6 Å². The summed E-state index contributed by atoms with van der Waals surface area (Å²) in [6.07, 6.45) is 5.22. The maximum Gasteiger partial charge on any atom is 0.179 e. The molecule has 1 N–H and O–H groups in total. The first-order valence-corrected chi connectivity index (χ1v) is 12.9. The summed E-state index contributed by atoms with van der Waals surface area (Å²) in [5.41, 5.74) is 3.37. The third-order valence-corrected chi connectivity index (χ3v) is 8.14. The summed E-state index contributed by atoms with van der Waals surface area (Å²) in [5.74, 6) is 1.37. The molecule has 0 saturated carbocycles. The number of rotatable bonds is 5. The Morgan fingerprint density at radius 2 is 2.00 bits per heavy atom. The second-order valence-electron chi connectivity index (χ2n) is 9.77. The number of piperidine rings is 1. The Morgan fingerprint density at radius 3 is 2.71 bits per heavy atom. The molecule has 0 radical (unpaired) electrons. The Labute approximate surface area is 222 Å². The first kappa shape index (κ1) is 26.4. The lowest BCUT2D eigenvalue weighted by molar-refractivity contribution is 0.0800. The highest BCUT2D eigenvalue weighted by atomic mass is 35.5. The van der Waals surface area contributed by atoms with Gasteiger partial charge in [0.1, 0.15) is 11.3 Å². The summed E-state index contributed by atoms with van der Waals surface area (Å²) >= 11 is 12.6. The van der Waals surface area contributed by atoms with Crippen LogP contribution in [0.4, 0.5) is 5.82 Å². The lowest BCUT2D eigenvalue weighted by atomic mass is 9.92. The number of aliphatic hydroxyl groups excluding tert-OH is 1. The molecule has 0 aliphatic carbocycles. The molecule has 2 saturated heterocycles. The predicted molar refractivity (Wildman–Crippen MR) is 144 cm³/mol. The minimum absolute atomic E-state index is 0. The van der Waals surface area contributed by atoms with Crippen molar-refractivity contribution >= 4 is 52.6 Å². The lowest BCUT2D eigenvalue weighted by Crippen LogP contribution is -2.52. The van der Waals surface area contributed by atoms with Crippen LogP contribution in [0.2, 0.25) is 10.0 Å². The average Bonchev–Trinajstić information content (AvgIpc) is 3.42. The van der Waals surface area contributed by atoms with Gasteiger partial charge in [-0.1, -0.05) is 36.2 Å². The molecule has 2 fully saturated rings. The Bertz CT molecular complexity index is 1190. The summed E-state index contributed by atoms with van der Waals surface area (Å²) < 4.78 is 1.92. The molecule has 35 heavy (non-hydrogen) atoms. The number of aliphatic hydroxyl groups is 1. The van der Waals surface area contributed by atoms with Gasteiger partial charge in [0.05, 0.1) is 24.5 Å². The SMILES string of the molecule is Cc1nn([C@H](C)c2ccc(Cl)cc2Cl)c2nc(N3CC[C@@H](N4CCC[C@H]4CO)[C@@H](C)C3)cnc12.Cl. The third kappa shape index (κ3) is 4.98. The van der Waals surface area contributed by atoms with Gasteiger partial charge < -0.3 is 10.0 Å². The number of hydrogen-bond donors (Lipinski definition) is 1. The molecule has 10 heteroatoms. The molecule has 1 aromatic carbocycles. The zero-order valence-corrected chi connectivity index (χ0v) is 22.7. The van der Waals surface area contributed by atoms with Crippen LogP contribution in [-0.4, -0.2) is 68.1 Å². The average molecular weight is 540 g/mol. The van der Waals surface area contributed by atoms with Crippen LogP contribution in [-0.2, 0) is 0 Å². The van der Waals surface area contributed by atoms with Crippen molar-refractivity contribution in [1.29, 1.82) is 0 Å². The molecule has 0 bridgehead atoms. The van der Waals surface area contributed by atoms with Crippen molar-refractivity contribution < 1.29 is 5.11 Å². The first-order chi connectivity index (χ1) is 16.4. The molecule has 0 unspecified atom stereocenters. The monoisotopic (exact) mass is 538 g/mol. The van der Waals surface area contributed by atoms with E-state index in [0.717, 1.165) is 60.7 Å². The second-order valence-corrected chi connectivity index (χ2v) is 10.6. The van der Waals surface area contributed by atoms with Gasteiger partial charge in [0.2, 0.25) is 0 Å². The van der Waals surface area contributed by atoms with Crippen LogP contribution in [0, 0.1) is 12.8 Å². The summed E-state index contributed by atoms with van der Waals surface area (Å²) in [6.45, 7) is 9.54. The highest BCUT2D eigenvalue weighted by Crippen LogP contribution is 2.33. The molecule has 2 aliphatic heterocycles. The van der Waals surface area contributed by atoms with Gasteiger partial charge in [-0.15, -0.1) is 12.4 Å². The number of halogens is 3. The smallest absolute Gasteiger partial charge is 0.179 e. The molecule has 7 nitrogen and oxygen atoms in total. The number of hydrogen-bond acceptors (Lipinski definition) is 6. The highest BCUT2D eigenvalue weighted by molar-refractivity contribution is 6.35. The van der Waals surface area contributed by atoms with Crippen molar-refractivity contribution in [3.8, 4) is 0 Å². The molecular weight excluding hydrogens is 507 g/mol. The van der Waals surface area contributed by atoms with Crippen molar-refractivity contribution in [1.82, 2.24) is 24.6 Å². The topological polar surface area (TPSA) is 70.3 Å². The molecule has 0 spiro atoms. The van der Waals surface area contributed by atoms with Gasteiger partial charge >= 0.3 is 0 Å². The van der Waals surface area contributed by atoms with Gasteiger partial charge in [-0.2, -0.15) is 5.10 Å². The molecule has 3 aromatic rings. The molecule has 5 rings (SSSR count). The van der Waals surface area contributed by atoms with Gasteiger partial charge in [-0.05, 0) is 63.3 Å². The zero-order chi connectivity index (χ0) is 24.0. The van der Waals surface area contributed by atoms with E-state index in [1.165, 1.54) is 6.42 Å². The van der Waals surface area contributed by atoms with E-state index in [0.29, 0.717) is 28.0 Å². The molecule has 4 heterocycles. The number of likely N-dealkylation sites (tertiary alicyclic amines) is 1. The molecular formula is C25H33Cl3N6O. The molecule has 2 aliphatic rings. The van der Waals surface area contributed by atoms with Gasteiger partial charge in [0, 0.05) is 35.2 Å². The Balaban J connectivity index is 0.00000289. The summed E-state index contributed by atoms with van der Waals surface area (Å²) in [5, 5.41) is 15.8. The first-order valence-electron chi connectivity index (χ1n) is 12.2. The van der Waals surface area contributed by atoms with E-state index in [9.17, 15) is 5.11 Å². The van der Waals surface area contributed by atoms with E-state index < -0.39 is 0 Å².